The molecule has 0 unspecified atom stereocenters. The second kappa shape index (κ2) is 6.93. The molecule has 8 nitrogen and oxygen atoms in total. The van der Waals surface area contributed by atoms with Gasteiger partial charge >= 0.3 is 5.97 Å². The van der Waals surface area contributed by atoms with E-state index in [1.807, 2.05) is 30.5 Å². The van der Waals surface area contributed by atoms with Crippen molar-refractivity contribution in [3.05, 3.63) is 52.8 Å². The summed E-state index contributed by atoms with van der Waals surface area (Å²) < 4.78 is 5.22. The van der Waals surface area contributed by atoms with Gasteiger partial charge in [-0.25, -0.2) is 14.8 Å². The highest BCUT2D eigenvalue weighted by Crippen LogP contribution is 2.37. The Morgan fingerprint density at radius 2 is 2.03 bits per heavy atom. The maximum atomic E-state index is 12.1. The molecule has 0 amide bonds. The van der Waals surface area contributed by atoms with Gasteiger partial charge in [0, 0.05) is 42.5 Å². The van der Waals surface area contributed by atoms with Crippen molar-refractivity contribution in [1.29, 1.82) is 0 Å². The maximum Gasteiger partial charge on any atom is 0.337 e. The third kappa shape index (κ3) is 3.05. The lowest BCUT2D eigenvalue weighted by Crippen LogP contribution is -2.66. The lowest BCUT2D eigenvalue weighted by Gasteiger charge is -2.39. The van der Waals surface area contributed by atoms with Gasteiger partial charge in [0.15, 0.2) is 5.82 Å². The second-order valence-corrected chi connectivity index (χ2v) is 8.08. The zero-order valence-corrected chi connectivity index (χ0v) is 16.7. The van der Waals surface area contributed by atoms with Gasteiger partial charge in [-0.1, -0.05) is 0 Å². The number of aromatic amines is 1. The molecule has 30 heavy (non-hydrogen) atoms. The first-order valence-electron chi connectivity index (χ1n) is 9.95. The van der Waals surface area contributed by atoms with Gasteiger partial charge in [-0.3, -0.25) is 0 Å². The van der Waals surface area contributed by atoms with Crippen LogP contribution in [0.15, 0.2) is 30.5 Å². The van der Waals surface area contributed by atoms with Crippen molar-refractivity contribution in [3.8, 4) is 28.5 Å². The average molecular weight is 405 g/mol. The largest absolute Gasteiger partial charge is 0.497 e. The van der Waals surface area contributed by atoms with Crippen LogP contribution in [0.25, 0.3) is 22.8 Å². The third-order valence-electron chi connectivity index (χ3n) is 5.97. The summed E-state index contributed by atoms with van der Waals surface area (Å²) in [6.07, 6.45) is 3.67. The van der Waals surface area contributed by atoms with Crippen LogP contribution in [0.3, 0.4) is 0 Å². The Labute approximate surface area is 173 Å². The fourth-order valence-corrected chi connectivity index (χ4v) is 4.31. The summed E-state index contributed by atoms with van der Waals surface area (Å²) in [4.78, 5) is 24.8. The average Bonchev–Trinajstić information content (AvgIpc) is 3.10. The number of methoxy groups -OCH3 is 1. The van der Waals surface area contributed by atoms with Crippen LogP contribution in [0, 0.1) is 0 Å². The summed E-state index contributed by atoms with van der Waals surface area (Å²) in [7, 11) is 1.62. The molecular weight excluding hydrogens is 382 g/mol. The van der Waals surface area contributed by atoms with Crippen LogP contribution in [0.1, 0.15) is 27.2 Å². The van der Waals surface area contributed by atoms with Crippen LogP contribution in [-0.4, -0.2) is 51.8 Å². The Morgan fingerprint density at radius 3 is 2.67 bits per heavy atom. The monoisotopic (exact) mass is 405 g/mol. The molecule has 0 bridgehead atoms. The van der Waals surface area contributed by atoms with Crippen molar-refractivity contribution in [1.82, 2.24) is 20.3 Å². The number of H-pyrrole nitrogens is 1. The summed E-state index contributed by atoms with van der Waals surface area (Å²) in [6, 6.07) is 7.56. The molecule has 154 valence electrons. The maximum absolute atomic E-state index is 12.1. The number of benzene rings is 1. The predicted molar refractivity (Wildman–Crippen MR) is 112 cm³/mol. The van der Waals surface area contributed by atoms with E-state index in [9.17, 15) is 9.90 Å². The van der Waals surface area contributed by atoms with E-state index in [2.05, 4.69) is 15.3 Å². The number of hydrogen-bond acceptors (Lipinski definition) is 6. The van der Waals surface area contributed by atoms with Crippen LogP contribution in [0.4, 0.5) is 0 Å². The number of ether oxygens (including phenoxy) is 1. The highest BCUT2D eigenvalue weighted by molar-refractivity contribution is 5.94. The van der Waals surface area contributed by atoms with Crippen molar-refractivity contribution in [2.24, 2.45) is 5.73 Å². The van der Waals surface area contributed by atoms with Gasteiger partial charge in [0.2, 0.25) is 0 Å². The first-order valence-corrected chi connectivity index (χ1v) is 9.95. The molecule has 1 aliphatic heterocycles. The van der Waals surface area contributed by atoms with Crippen LogP contribution in [0.2, 0.25) is 0 Å². The van der Waals surface area contributed by atoms with E-state index in [-0.39, 0.29) is 0 Å². The standard InChI is InChI=1S/C22H23N5O3/c1-30-14-5-2-12(3-6-14)20-25-9-13-4-7-15-17(21(28)29)16(8-22(23)10-24-11-22)26-19(15)18(13)27-20/h2-3,5-6,9,24,26H,4,7-8,10-11,23H2,1H3,(H,28,29). The molecule has 3 aromatic rings. The highest BCUT2D eigenvalue weighted by Gasteiger charge is 2.36. The first-order chi connectivity index (χ1) is 14.5. The molecule has 0 atom stereocenters. The molecule has 0 spiro atoms. The van der Waals surface area contributed by atoms with E-state index in [0.717, 1.165) is 33.8 Å². The van der Waals surface area contributed by atoms with Gasteiger partial charge in [-0.15, -0.1) is 0 Å². The fourth-order valence-electron chi connectivity index (χ4n) is 4.31. The number of carboxylic acid groups (broad SMARTS) is 1. The van der Waals surface area contributed by atoms with Crippen molar-refractivity contribution >= 4 is 5.97 Å². The quantitative estimate of drug-likeness (QED) is 0.510. The summed E-state index contributed by atoms with van der Waals surface area (Å²) in [5, 5.41) is 13.1. The molecule has 1 aromatic carbocycles. The fraction of sp³-hybridized carbons (Fsp3) is 0.318. The number of aromatic nitrogens is 3. The van der Waals surface area contributed by atoms with E-state index in [4.69, 9.17) is 15.5 Å². The lowest BCUT2D eigenvalue weighted by molar-refractivity contribution is 0.0694. The summed E-state index contributed by atoms with van der Waals surface area (Å²) >= 11 is 0. The number of aryl methyl sites for hydroxylation is 1. The van der Waals surface area contributed by atoms with Crippen molar-refractivity contribution < 1.29 is 14.6 Å². The molecule has 5 N–H and O–H groups in total. The Morgan fingerprint density at radius 1 is 1.27 bits per heavy atom. The molecular formula is C22H23N5O3. The number of hydrogen-bond donors (Lipinski definition) is 4. The molecule has 1 aliphatic carbocycles. The highest BCUT2D eigenvalue weighted by atomic mass is 16.5. The molecule has 1 fully saturated rings. The Kier molecular flexibility index (Phi) is 4.34. The van der Waals surface area contributed by atoms with E-state index in [1.165, 1.54) is 0 Å². The zero-order chi connectivity index (χ0) is 20.9. The Bertz CT molecular complexity index is 1130. The van der Waals surface area contributed by atoms with Crippen LogP contribution < -0.4 is 15.8 Å². The van der Waals surface area contributed by atoms with Gasteiger partial charge in [-0.05, 0) is 48.2 Å². The van der Waals surface area contributed by atoms with Crippen molar-refractivity contribution in [2.45, 2.75) is 24.8 Å². The SMILES string of the molecule is COc1ccc(-c2ncc3c(n2)-c2[nH]c(CC4(N)CNC4)c(C(=O)O)c2CC3)cc1. The van der Waals surface area contributed by atoms with Gasteiger partial charge in [0.05, 0.1) is 24.1 Å². The smallest absolute Gasteiger partial charge is 0.337 e. The molecule has 2 aliphatic rings. The number of carbonyl (C=O) groups is 1. The summed E-state index contributed by atoms with van der Waals surface area (Å²) in [5.74, 6) is 0.433. The van der Waals surface area contributed by atoms with Gasteiger partial charge in [-0.2, -0.15) is 0 Å². The van der Waals surface area contributed by atoms with E-state index in [0.29, 0.717) is 49.4 Å². The summed E-state index contributed by atoms with van der Waals surface area (Å²) in [5.41, 5.74) is 11.2. The van der Waals surface area contributed by atoms with Crippen molar-refractivity contribution in [3.63, 3.8) is 0 Å². The van der Waals surface area contributed by atoms with Gasteiger partial charge in [0.1, 0.15) is 5.75 Å². The van der Waals surface area contributed by atoms with E-state index in [1.54, 1.807) is 7.11 Å². The Hall–Kier alpha value is -3.23. The number of rotatable bonds is 5. The summed E-state index contributed by atoms with van der Waals surface area (Å²) in [6.45, 7) is 1.35. The number of nitrogens with two attached hydrogens (primary N) is 1. The van der Waals surface area contributed by atoms with Crippen molar-refractivity contribution in [2.75, 3.05) is 20.2 Å². The second-order valence-electron chi connectivity index (χ2n) is 8.08. The first kappa shape index (κ1) is 18.8. The molecule has 0 saturated carbocycles. The van der Waals surface area contributed by atoms with Gasteiger partial charge in [0.25, 0.3) is 0 Å². The van der Waals surface area contributed by atoms with E-state index < -0.39 is 11.5 Å². The normalized spacial score (nSPS) is 16.3. The molecule has 0 radical (unpaired) electrons. The number of carboxylic acids is 1. The van der Waals surface area contributed by atoms with Crippen LogP contribution >= 0.6 is 0 Å². The lowest BCUT2D eigenvalue weighted by atomic mass is 9.86. The number of nitrogens with one attached hydrogen (secondary N) is 2. The van der Waals surface area contributed by atoms with Crippen LogP contribution in [0.5, 0.6) is 5.75 Å². The number of fused-ring (bicyclic) bond motifs is 3. The Balaban J connectivity index is 1.59. The minimum atomic E-state index is -0.925. The molecule has 5 rings (SSSR count). The van der Waals surface area contributed by atoms with Gasteiger partial charge < -0.3 is 25.9 Å². The minimum Gasteiger partial charge on any atom is -0.497 e. The number of aromatic carboxylic acids is 1. The zero-order valence-electron chi connectivity index (χ0n) is 16.7. The minimum absolute atomic E-state index is 0.344. The molecule has 3 heterocycles. The number of nitrogens with zero attached hydrogens (tertiary/aromatic N) is 2. The third-order valence-corrected chi connectivity index (χ3v) is 5.97. The molecule has 8 heteroatoms. The predicted octanol–water partition coefficient (Wildman–Crippen LogP) is 1.79. The van der Waals surface area contributed by atoms with E-state index >= 15 is 0 Å². The van der Waals surface area contributed by atoms with Crippen LogP contribution in [-0.2, 0) is 19.3 Å². The molecule has 1 saturated heterocycles. The topological polar surface area (TPSA) is 126 Å². The molecule has 2 aromatic heterocycles.